The van der Waals surface area contributed by atoms with Gasteiger partial charge in [0.05, 0.1) is 29.0 Å². The lowest BCUT2D eigenvalue weighted by atomic mass is 9.75. The number of aromatic nitrogens is 1. The Labute approximate surface area is 218 Å². The number of nitrogens with zero attached hydrogens (tertiary/aromatic N) is 3. The normalized spacial score (nSPS) is 22.9. The number of rotatable bonds is 4. The second-order valence-electron chi connectivity index (χ2n) is 10.4. The van der Waals surface area contributed by atoms with Crippen LogP contribution in [0.4, 0.5) is 5.69 Å². The summed E-state index contributed by atoms with van der Waals surface area (Å²) in [4.78, 5) is 33.8. The number of fused-ring (bicyclic) bond motifs is 2. The molecule has 4 aliphatic rings. The fourth-order valence-corrected chi connectivity index (χ4v) is 7.62. The average Bonchev–Trinajstić information content (AvgIpc) is 3.56. The second kappa shape index (κ2) is 8.43. The molecule has 1 aromatic carbocycles. The Hall–Kier alpha value is -2.68. The summed E-state index contributed by atoms with van der Waals surface area (Å²) in [5, 5.41) is 4.46. The van der Waals surface area contributed by atoms with Crippen molar-refractivity contribution in [2.24, 2.45) is 0 Å². The van der Waals surface area contributed by atoms with Gasteiger partial charge in [-0.1, -0.05) is 11.6 Å². The van der Waals surface area contributed by atoms with Crippen LogP contribution in [0.3, 0.4) is 0 Å². The van der Waals surface area contributed by atoms with E-state index in [-0.39, 0.29) is 11.8 Å². The molecule has 3 aliphatic heterocycles. The number of carbonyl (C=O) groups excluding carboxylic acids is 2. The monoisotopic (exact) mass is 522 g/mol. The van der Waals surface area contributed by atoms with Gasteiger partial charge in [-0.2, -0.15) is 0 Å². The van der Waals surface area contributed by atoms with Gasteiger partial charge < -0.3 is 15.0 Å². The van der Waals surface area contributed by atoms with Gasteiger partial charge in [0.25, 0.3) is 0 Å². The minimum absolute atomic E-state index is 0.100. The molecular formula is C27H27ClN4O3S. The summed E-state index contributed by atoms with van der Waals surface area (Å²) in [7, 11) is 0. The van der Waals surface area contributed by atoms with E-state index < -0.39 is 0 Å². The molecule has 36 heavy (non-hydrogen) atoms. The van der Waals surface area contributed by atoms with Crippen molar-refractivity contribution in [1.29, 1.82) is 0 Å². The maximum Gasteiger partial charge on any atom is 0.230 e. The van der Waals surface area contributed by atoms with Crippen molar-refractivity contribution in [3.8, 4) is 16.9 Å². The molecule has 1 N–H and O–H groups in total. The largest absolute Gasteiger partial charge is 0.489 e. The fourth-order valence-electron chi connectivity index (χ4n) is 6.28. The number of likely N-dealkylation sites (tertiary alicyclic amines) is 1. The maximum absolute atomic E-state index is 12.2. The number of nitrogens with one attached hydrogen (secondary N) is 1. The molecule has 2 saturated heterocycles. The van der Waals surface area contributed by atoms with Gasteiger partial charge in [-0.25, -0.2) is 0 Å². The van der Waals surface area contributed by atoms with Crippen molar-refractivity contribution in [2.75, 3.05) is 24.6 Å². The third-order valence-electron chi connectivity index (χ3n) is 8.23. The van der Waals surface area contributed by atoms with Crippen molar-refractivity contribution in [2.45, 2.75) is 56.7 Å². The maximum atomic E-state index is 12.2. The Balaban J connectivity index is 1.30. The lowest BCUT2D eigenvalue weighted by Crippen LogP contribution is -2.46. The summed E-state index contributed by atoms with van der Waals surface area (Å²) in [6, 6.07) is 8.40. The molecule has 3 aromatic rings. The van der Waals surface area contributed by atoms with E-state index in [2.05, 4.69) is 15.2 Å². The molecule has 186 valence electrons. The molecule has 0 radical (unpaired) electrons. The van der Waals surface area contributed by atoms with Crippen molar-refractivity contribution >= 4 is 50.7 Å². The van der Waals surface area contributed by atoms with Gasteiger partial charge >= 0.3 is 0 Å². The summed E-state index contributed by atoms with van der Waals surface area (Å²) < 4.78 is 7.17. The van der Waals surface area contributed by atoms with Crippen LogP contribution in [0.25, 0.3) is 21.3 Å². The van der Waals surface area contributed by atoms with Crippen LogP contribution >= 0.6 is 22.9 Å². The zero-order valence-electron chi connectivity index (χ0n) is 19.9. The second-order valence-corrected chi connectivity index (χ2v) is 11.9. The van der Waals surface area contributed by atoms with Crippen molar-refractivity contribution in [3.05, 3.63) is 40.4 Å². The first-order valence-electron chi connectivity index (χ1n) is 12.7. The average molecular weight is 523 g/mol. The Morgan fingerprint density at radius 3 is 2.75 bits per heavy atom. The Bertz CT molecular complexity index is 1390. The molecule has 7 nitrogen and oxygen atoms in total. The van der Waals surface area contributed by atoms with Crippen LogP contribution in [-0.4, -0.2) is 53.0 Å². The van der Waals surface area contributed by atoms with Crippen LogP contribution in [0, 0.1) is 0 Å². The van der Waals surface area contributed by atoms with Gasteiger partial charge in [0.15, 0.2) is 0 Å². The third-order valence-corrected chi connectivity index (χ3v) is 9.59. The molecule has 1 atom stereocenters. The van der Waals surface area contributed by atoms with Gasteiger partial charge in [0, 0.05) is 64.3 Å². The number of anilines is 1. The molecule has 1 aliphatic carbocycles. The van der Waals surface area contributed by atoms with Crippen LogP contribution in [-0.2, 0) is 16.1 Å². The summed E-state index contributed by atoms with van der Waals surface area (Å²) in [5.41, 5.74) is 4.36. The zero-order chi connectivity index (χ0) is 24.4. The SMILES string of the molecule is O=C1CCC(=O)N1Cc1cc2nccc(-c3cc(Cl)cc4c3N([C@H]3CNC5(CCC5)C3)CCO4)c2s1. The summed E-state index contributed by atoms with van der Waals surface area (Å²) in [6.07, 6.45) is 7.41. The molecule has 0 bridgehead atoms. The first-order valence-corrected chi connectivity index (χ1v) is 13.9. The van der Waals surface area contributed by atoms with E-state index >= 15 is 0 Å². The van der Waals surface area contributed by atoms with Gasteiger partial charge in [-0.3, -0.25) is 19.5 Å². The molecule has 7 rings (SSSR count). The number of hydrogen-bond donors (Lipinski definition) is 1. The molecule has 0 unspecified atom stereocenters. The number of thiophene rings is 1. The number of halogens is 1. The first-order chi connectivity index (χ1) is 17.5. The third kappa shape index (κ3) is 3.61. The molecule has 2 aromatic heterocycles. The number of benzene rings is 1. The number of pyridine rings is 1. The smallest absolute Gasteiger partial charge is 0.230 e. The van der Waals surface area contributed by atoms with Gasteiger partial charge in [-0.15, -0.1) is 11.3 Å². The van der Waals surface area contributed by atoms with E-state index in [0.717, 1.165) is 57.2 Å². The number of hydrogen-bond acceptors (Lipinski definition) is 7. The van der Waals surface area contributed by atoms with E-state index in [1.54, 1.807) is 11.3 Å². The molecule has 1 saturated carbocycles. The van der Waals surface area contributed by atoms with Crippen molar-refractivity contribution in [3.63, 3.8) is 0 Å². The van der Waals surface area contributed by atoms with Crippen molar-refractivity contribution in [1.82, 2.24) is 15.2 Å². The summed E-state index contributed by atoms with van der Waals surface area (Å²) in [5.74, 6) is 0.627. The number of ether oxygens (including phenoxy) is 1. The lowest BCUT2D eigenvalue weighted by molar-refractivity contribution is -0.138. The zero-order valence-corrected chi connectivity index (χ0v) is 21.5. The van der Waals surface area contributed by atoms with Gasteiger partial charge in [0.2, 0.25) is 11.8 Å². The molecular weight excluding hydrogens is 496 g/mol. The highest BCUT2D eigenvalue weighted by Crippen LogP contribution is 2.49. The van der Waals surface area contributed by atoms with Crippen LogP contribution in [0.2, 0.25) is 5.02 Å². The van der Waals surface area contributed by atoms with Crippen LogP contribution in [0.5, 0.6) is 5.75 Å². The Morgan fingerprint density at radius 2 is 2.00 bits per heavy atom. The van der Waals surface area contributed by atoms with E-state index in [0.29, 0.717) is 42.6 Å². The number of imide groups is 1. The van der Waals surface area contributed by atoms with Gasteiger partial charge in [-0.05, 0) is 43.9 Å². The van der Waals surface area contributed by atoms with Crippen molar-refractivity contribution < 1.29 is 14.3 Å². The highest BCUT2D eigenvalue weighted by atomic mass is 35.5. The molecule has 3 fully saturated rings. The minimum Gasteiger partial charge on any atom is -0.489 e. The van der Waals surface area contributed by atoms with E-state index in [9.17, 15) is 9.59 Å². The minimum atomic E-state index is -0.100. The van der Waals surface area contributed by atoms with Crippen LogP contribution < -0.4 is 15.0 Å². The van der Waals surface area contributed by atoms with E-state index in [4.69, 9.17) is 16.3 Å². The quantitative estimate of drug-likeness (QED) is 0.498. The highest BCUT2D eigenvalue weighted by Gasteiger charge is 2.46. The van der Waals surface area contributed by atoms with Crippen LogP contribution in [0.1, 0.15) is 43.4 Å². The Kier molecular flexibility index (Phi) is 5.27. The number of amides is 2. The molecule has 2 amide bonds. The standard InChI is InChI=1S/C27H27ClN4O3S/c28-16-10-20(25-22(11-16)35-9-8-31(25)17-13-27(30-14-17)5-1-6-27)19-4-7-29-21-12-18(36-26(19)21)15-32-23(33)2-3-24(32)34/h4,7,10-12,17,30H,1-3,5-6,8-9,13-15H2/t17-/m1/s1. The summed E-state index contributed by atoms with van der Waals surface area (Å²) >= 11 is 8.20. The molecule has 9 heteroatoms. The fraction of sp³-hybridized carbons (Fsp3) is 0.444. The topological polar surface area (TPSA) is 74.8 Å². The molecule has 5 heterocycles. The van der Waals surface area contributed by atoms with Gasteiger partial charge in [0.1, 0.15) is 12.4 Å². The molecule has 1 spiro atoms. The highest BCUT2D eigenvalue weighted by molar-refractivity contribution is 7.19. The summed E-state index contributed by atoms with van der Waals surface area (Å²) in [6.45, 7) is 2.77. The Morgan fingerprint density at radius 1 is 1.17 bits per heavy atom. The number of carbonyl (C=O) groups is 2. The predicted octanol–water partition coefficient (Wildman–Crippen LogP) is 4.75. The van der Waals surface area contributed by atoms with E-state index in [1.165, 1.54) is 24.2 Å². The van der Waals surface area contributed by atoms with Crippen LogP contribution in [0.15, 0.2) is 30.5 Å². The first kappa shape index (κ1) is 22.5. The predicted molar refractivity (Wildman–Crippen MR) is 141 cm³/mol. The van der Waals surface area contributed by atoms with E-state index in [1.807, 2.05) is 30.5 Å². The lowest BCUT2D eigenvalue weighted by Gasteiger charge is -2.41.